The molecule has 15 heavy (non-hydrogen) atoms. The van der Waals surface area contributed by atoms with Crippen molar-refractivity contribution in [3.05, 3.63) is 42.5 Å². The Bertz CT molecular complexity index is 372. The van der Waals surface area contributed by atoms with Crippen molar-refractivity contribution in [3.63, 3.8) is 0 Å². The van der Waals surface area contributed by atoms with Crippen LogP contribution in [0.1, 0.15) is 5.56 Å². The molecule has 0 unspecified atom stereocenters. The van der Waals surface area contributed by atoms with Gasteiger partial charge in [0.15, 0.2) is 0 Å². The highest BCUT2D eigenvalue weighted by Crippen LogP contribution is 2.15. The van der Waals surface area contributed by atoms with Crippen LogP contribution in [0.5, 0.6) is 5.75 Å². The third-order valence-electron chi connectivity index (χ3n) is 2.20. The van der Waals surface area contributed by atoms with Crippen molar-refractivity contribution in [1.29, 1.82) is 0 Å². The summed E-state index contributed by atoms with van der Waals surface area (Å²) < 4.78 is 0. The first-order valence-electron chi connectivity index (χ1n) is 4.42. The Kier molecular flexibility index (Phi) is 3.11. The van der Waals surface area contributed by atoms with Crippen LogP contribution in [0, 0.1) is 0 Å². The van der Waals surface area contributed by atoms with Crippen LogP contribution in [0.4, 0.5) is 0 Å². The quantitative estimate of drug-likeness (QED) is 0.640. The highest BCUT2D eigenvalue weighted by atomic mass is 16.4. The summed E-state index contributed by atoms with van der Waals surface area (Å²) in [5, 5.41) is 18.0. The Morgan fingerprint density at radius 2 is 2.00 bits per heavy atom. The topological polar surface area (TPSA) is 83.5 Å². The van der Waals surface area contributed by atoms with Gasteiger partial charge >= 0.3 is 5.97 Å². The van der Waals surface area contributed by atoms with E-state index in [2.05, 4.69) is 6.58 Å². The number of benzene rings is 1. The number of rotatable bonds is 4. The van der Waals surface area contributed by atoms with Gasteiger partial charge < -0.3 is 15.9 Å². The fraction of sp³-hybridized carbons (Fsp3) is 0.182. The number of hydrogen-bond donors (Lipinski definition) is 3. The number of carbonyl (C=O) groups is 1. The minimum absolute atomic E-state index is 0.135. The van der Waals surface area contributed by atoms with Crippen LogP contribution in [-0.4, -0.2) is 21.7 Å². The van der Waals surface area contributed by atoms with E-state index < -0.39 is 11.5 Å². The molecule has 0 aliphatic carbocycles. The minimum atomic E-state index is -1.46. The summed E-state index contributed by atoms with van der Waals surface area (Å²) in [5.41, 5.74) is 4.90. The molecule has 1 atom stereocenters. The van der Waals surface area contributed by atoms with Crippen LogP contribution in [0.2, 0.25) is 0 Å². The zero-order valence-corrected chi connectivity index (χ0v) is 8.18. The first-order valence-corrected chi connectivity index (χ1v) is 4.42. The number of phenols is 1. The van der Waals surface area contributed by atoms with Crippen molar-refractivity contribution in [2.75, 3.05) is 0 Å². The molecule has 0 fully saturated rings. The largest absolute Gasteiger partial charge is 0.508 e. The molecule has 1 rings (SSSR count). The smallest absolute Gasteiger partial charge is 0.328 e. The van der Waals surface area contributed by atoms with E-state index in [4.69, 9.17) is 15.9 Å². The van der Waals surface area contributed by atoms with Crippen LogP contribution >= 0.6 is 0 Å². The standard InChI is InChI=1S/C11H13NO3/c1-2-11(12,10(14)15)7-8-3-5-9(13)6-4-8/h2-6,13H,1,7,12H2,(H,14,15)/t11-/m0/s1. The molecule has 0 bridgehead atoms. The highest BCUT2D eigenvalue weighted by molar-refractivity contribution is 5.81. The predicted molar refractivity (Wildman–Crippen MR) is 56.6 cm³/mol. The molecule has 4 heteroatoms. The van der Waals surface area contributed by atoms with Crippen LogP contribution in [0.15, 0.2) is 36.9 Å². The molecule has 0 aromatic heterocycles. The second-order valence-electron chi connectivity index (χ2n) is 3.39. The van der Waals surface area contributed by atoms with Crippen molar-refractivity contribution in [2.45, 2.75) is 12.0 Å². The van der Waals surface area contributed by atoms with Gasteiger partial charge in [-0.25, -0.2) is 4.79 Å². The molecular weight excluding hydrogens is 194 g/mol. The van der Waals surface area contributed by atoms with E-state index in [1.807, 2.05) is 0 Å². The van der Waals surface area contributed by atoms with Gasteiger partial charge in [-0.2, -0.15) is 0 Å². The number of aliphatic carboxylic acids is 1. The summed E-state index contributed by atoms with van der Waals surface area (Å²) in [6, 6.07) is 6.23. The van der Waals surface area contributed by atoms with Crippen molar-refractivity contribution in [3.8, 4) is 5.75 Å². The van der Waals surface area contributed by atoms with Gasteiger partial charge in [0.2, 0.25) is 0 Å². The van der Waals surface area contributed by atoms with E-state index >= 15 is 0 Å². The summed E-state index contributed by atoms with van der Waals surface area (Å²) in [5.74, 6) is -0.985. The predicted octanol–water partition coefficient (Wildman–Crippen LogP) is 0.903. The Morgan fingerprint density at radius 3 is 2.40 bits per heavy atom. The fourth-order valence-electron chi connectivity index (χ4n) is 1.19. The number of carboxylic acids is 1. The van der Waals surface area contributed by atoms with E-state index in [-0.39, 0.29) is 12.2 Å². The van der Waals surface area contributed by atoms with E-state index in [1.165, 1.54) is 18.2 Å². The van der Waals surface area contributed by atoms with E-state index in [0.29, 0.717) is 0 Å². The molecule has 0 saturated heterocycles. The third-order valence-corrected chi connectivity index (χ3v) is 2.20. The van der Waals surface area contributed by atoms with Gasteiger partial charge in [0.05, 0.1) is 0 Å². The van der Waals surface area contributed by atoms with Gasteiger partial charge in [-0.3, -0.25) is 0 Å². The molecule has 0 saturated carbocycles. The number of hydrogen-bond acceptors (Lipinski definition) is 3. The molecular formula is C11H13NO3. The maximum absolute atomic E-state index is 10.9. The number of nitrogens with two attached hydrogens (primary N) is 1. The molecule has 0 aliphatic rings. The van der Waals surface area contributed by atoms with Crippen LogP contribution in [0.25, 0.3) is 0 Å². The SMILES string of the molecule is C=C[C@](N)(Cc1ccc(O)cc1)C(=O)O. The summed E-state index contributed by atoms with van der Waals surface area (Å²) in [4.78, 5) is 10.9. The Morgan fingerprint density at radius 1 is 1.47 bits per heavy atom. The minimum Gasteiger partial charge on any atom is -0.508 e. The number of phenolic OH excluding ortho intramolecular Hbond substituents is 1. The summed E-state index contributed by atoms with van der Waals surface area (Å²) in [6.07, 6.45) is 1.36. The van der Waals surface area contributed by atoms with Gasteiger partial charge in [-0.05, 0) is 17.7 Å². The Balaban J connectivity index is 2.89. The average Bonchev–Trinajstić information content (AvgIpc) is 2.21. The second kappa shape index (κ2) is 4.14. The first-order chi connectivity index (χ1) is 6.98. The lowest BCUT2D eigenvalue weighted by Gasteiger charge is -2.20. The molecule has 0 heterocycles. The van der Waals surface area contributed by atoms with Gasteiger partial charge in [0.25, 0.3) is 0 Å². The van der Waals surface area contributed by atoms with Gasteiger partial charge in [-0.1, -0.05) is 18.2 Å². The van der Waals surface area contributed by atoms with Crippen molar-refractivity contribution in [2.24, 2.45) is 5.73 Å². The monoisotopic (exact) mass is 207 g/mol. The molecule has 4 N–H and O–H groups in total. The molecule has 0 radical (unpaired) electrons. The highest BCUT2D eigenvalue weighted by Gasteiger charge is 2.30. The third kappa shape index (κ3) is 2.57. The zero-order chi connectivity index (χ0) is 11.5. The molecule has 4 nitrogen and oxygen atoms in total. The Hall–Kier alpha value is -1.81. The molecule has 1 aromatic rings. The molecule has 80 valence electrons. The first kappa shape index (κ1) is 11.3. The summed E-state index contributed by atoms with van der Waals surface area (Å²) in [7, 11) is 0. The van der Waals surface area contributed by atoms with Gasteiger partial charge in [0, 0.05) is 6.42 Å². The van der Waals surface area contributed by atoms with Crippen LogP contribution < -0.4 is 5.73 Å². The summed E-state index contributed by atoms with van der Waals surface area (Å²) >= 11 is 0. The molecule has 0 aliphatic heterocycles. The normalized spacial score (nSPS) is 14.2. The lowest BCUT2D eigenvalue weighted by molar-refractivity contribution is -0.141. The number of carboxylic acid groups (broad SMARTS) is 1. The lowest BCUT2D eigenvalue weighted by atomic mass is 9.92. The maximum atomic E-state index is 10.9. The molecule has 0 spiro atoms. The Labute approximate surface area is 87.7 Å². The van der Waals surface area contributed by atoms with Crippen molar-refractivity contribution < 1.29 is 15.0 Å². The summed E-state index contributed by atoms with van der Waals surface area (Å²) in [6.45, 7) is 3.41. The average molecular weight is 207 g/mol. The van der Waals surface area contributed by atoms with E-state index in [0.717, 1.165) is 5.56 Å². The second-order valence-corrected chi connectivity index (χ2v) is 3.39. The number of aromatic hydroxyl groups is 1. The van der Waals surface area contributed by atoms with E-state index in [1.54, 1.807) is 12.1 Å². The molecule has 0 amide bonds. The zero-order valence-electron chi connectivity index (χ0n) is 8.18. The fourth-order valence-corrected chi connectivity index (χ4v) is 1.19. The van der Waals surface area contributed by atoms with Crippen LogP contribution in [0.3, 0.4) is 0 Å². The van der Waals surface area contributed by atoms with Crippen molar-refractivity contribution in [1.82, 2.24) is 0 Å². The van der Waals surface area contributed by atoms with Crippen LogP contribution in [-0.2, 0) is 11.2 Å². The van der Waals surface area contributed by atoms with Gasteiger partial charge in [0.1, 0.15) is 11.3 Å². The maximum Gasteiger partial charge on any atom is 0.328 e. The van der Waals surface area contributed by atoms with Crippen molar-refractivity contribution >= 4 is 5.97 Å². The van der Waals surface area contributed by atoms with E-state index in [9.17, 15) is 4.79 Å². The van der Waals surface area contributed by atoms with Gasteiger partial charge in [-0.15, -0.1) is 6.58 Å². The molecule has 1 aromatic carbocycles. The lowest BCUT2D eigenvalue weighted by Crippen LogP contribution is -2.47.